The minimum absolute atomic E-state index is 0.0267. The molecule has 112 valence electrons. The lowest BCUT2D eigenvalue weighted by Gasteiger charge is -2.29. The molecule has 1 fully saturated rings. The molecule has 3 rings (SSSR count). The van der Waals surface area contributed by atoms with Gasteiger partial charge in [-0.15, -0.1) is 0 Å². The molecule has 0 amide bonds. The molecular weight excluding hydrogens is 292 g/mol. The first-order valence-electron chi connectivity index (χ1n) is 6.80. The van der Waals surface area contributed by atoms with Crippen LogP contribution in [0.3, 0.4) is 0 Å². The summed E-state index contributed by atoms with van der Waals surface area (Å²) in [6.07, 6.45) is 0. The predicted molar refractivity (Wildman–Crippen MR) is 79.3 cm³/mol. The molecule has 21 heavy (non-hydrogen) atoms. The zero-order chi connectivity index (χ0) is 15.0. The number of aromatic nitrogens is 3. The number of nitrogens with zero attached hydrogens (tertiary/aromatic N) is 4. The van der Waals surface area contributed by atoms with Crippen molar-refractivity contribution >= 4 is 33.6 Å². The number of carboxylic acids is 1. The fraction of sp³-hybridized carbons (Fsp3) is 0.538. The largest absolute Gasteiger partial charge is 0.476 e. The first kappa shape index (κ1) is 14.2. The van der Waals surface area contributed by atoms with Gasteiger partial charge in [-0.05, 0) is 5.92 Å². The van der Waals surface area contributed by atoms with Crippen molar-refractivity contribution in [3.8, 4) is 0 Å². The summed E-state index contributed by atoms with van der Waals surface area (Å²) in [6.45, 7) is 6.96. The van der Waals surface area contributed by atoms with E-state index in [1.54, 1.807) is 0 Å². The predicted octanol–water partition coefficient (Wildman–Crippen LogP) is 1.74. The lowest BCUT2D eigenvalue weighted by atomic mass is 10.1. The molecule has 0 aliphatic carbocycles. The van der Waals surface area contributed by atoms with E-state index >= 15 is 0 Å². The summed E-state index contributed by atoms with van der Waals surface area (Å²) in [4.78, 5) is 27.0. The van der Waals surface area contributed by atoms with Crippen LogP contribution in [0.15, 0.2) is 0 Å². The molecule has 7 nitrogen and oxygen atoms in total. The molecule has 8 heteroatoms. The van der Waals surface area contributed by atoms with Crippen molar-refractivity contribution in [1.82, 2.24) is 15.0 Å². The SMILES string of the molecule is CC(C)c1nc2nc(C(=O)O)sc2nc1N1CCOCC1. The summed E-state index contributed by atoms with van der Waals surface area (Å²) in [6, 6.07) is 0. The Morgan fingerprint density at radius 2 is 2.00 bits per heavy atom. The van der Waals surface area contributed by atoms with Gasteiger partial charge in [0.25, 0.3) is 0 Å². The molecule has 2 aromatic rings. The molecule has 0 aromatic carbocycles. The summed E-state index contributed by atoms with van der Waals surface area (Å²) < 4.78 is 5.37. The van der Waals surface area contributed by atoms with E-state index in [1.165, 1.54) is 0 Å². The normalized spacial score (nSPS) is 15.9. The van der Waals surface area contributed by atoms with E-state index < -0.39 is 5.97 Å². The van der Waals surface area contributed by atoms with E-state index in [0.29, 0.717) is 23.7 Å². The molecule has 0 atom stereocenters. The van der Waals surface area contributed by atoms with Gasteiger partial charge in [-0.2, -0.15) is 0 Å². The van der Waals surface area contributed by atoms with Crippen molar-refractivity contribution in [3.05, 3.63) is 10.7 Å². The van der Waals surface area contributed by atoms with Crippen LogP contribution in [0.4, 0.5) is 5.82 Å². The Morgan fingerprint density at radius 3 is 2.62 bits per heavy atom. The number of hydrogen-bond donors (Lipinski definition) is 1. The van der Waals surface area contributed by atoms with Gasteiger partial charge >= 0.3 is 5.97 Å². The number of morpholine rings is 1. The zero-order valence-electron chi connectivity index (χ0n) is 11.9. The van der Waals surface area contributed by atoms with E-state index in [2.05, 4.69) is 19.9 Å². The average Bonchev–Trinajstić information content (AvgIpc) is 2.90. The number of aromatic carboxylic acids is 1. The van der Waals surface area contributed by atoms with Gasteiger partial charge in [-0.1, -0.05) is 25.2 Å². The van der Waals surface area contributed by atoms with Crippen molar-refractivity contribution in [3.63, 3.8) is 0 Å². The minimum Gasteiger partial charge on any atom is -0.476 e. The lowest BCUT2D eigenvalue weighted by molar-refractivity contribution is 0.0696. The Labute approximate surface area is 125 Å². The number of rotatable bonds is 3. The van der Waals surface area contributed by atoms with Crippen LogP contribution in [-0.2, 0) is 4.74 Å². The summed E-state index contributed by atoms with van der Waals surface area (Å²) in [5, 5.41) is 9.07. The molecule has 1 aliphatic heterocycles. The van der Waals surface area contributed by atoms with Gasteiger partial charge < -0.3 is 14.7 Å². The molecule has 0 bridgehead atoms. The number of hydrogen-bond acceptors (Lipinski definition) is 7. The highest BCUT2D eigenvalue weighted by Gasteiger charge is 2.22. The number of ether oxygens (including phenoxy) is 1. The molecule has 0 unspecified atom stereocenters. The van der Waals surface area contributed by atoms with Gasteiger partial charge in [0, 0.05) is 13.1 Å². The van der Waals surface area contributed by atoms with Crippen molar-refractivity contribution in [1.29, 1.82) is 0 Å². The fourth-order valence-electron chi connectivity index (χ4n) is 2.25. The fourth-order valence-corrected chi connectivity index (χ4v) is 2.97. The van der Waals surface area contributed by atoms with E-state index in [4.69, 9.17) is 9.84 Å². The maximum atomic E-state index is 11.0. The highest BCUT2D eigenvalue weighted by molar-refractivity contribution is 7.19. The third-order valence-corrected chi connectivity index (χ3v) is 4.22. The van der Waals surface area contributed by atoms with Crippen molar-refractivity contribution in [2.24, 2.45) is 0 Å². The highest BCUT2D eigenvalue weighted by atomic mass is 32.1. The summed E-state index contributed by atoms with van der Waals surface area (Å²) in [5.41, 5.74) is 1.27. The van der Waals surface area contributed by atoms with Crippen LogP contribution in [0.5, 0.6) is 0 Å². The van der Waals surface area contributed by atoms with Crippen LogP contribution in [-0.4, -0.2) is 52.3 Å². The van der Waals surface area contributed by atoms with Gasteiger partial charge in [-0.25, -0.2) is 19.7 Å². The molecule has 1 aliphatic rings. The topological polar surface area (TPSA) is 88.4 Å². The van der Waals surface area contributed by atoms with Gasteiger partial charge in [0.15, 0.2) is 16.3 Å². The molecule has 3 heterocycles. The molecule has 0 radical (unpaired) electrons. The Kier molecular flexibility index (Phi) is 3.73. The standard InChI is InChI=1S/C13H16N4O3S/c1-7(2)8-10(17-3-5-20-6-4-17)16-11-9(14-8)15-12(21-11)13(18)19/h7H,3-6H2,1-2H3,(H,18,19). The van der Waals surface area contributed by atoms with Crippen LogP contribution in [0, 0.1) is 0 Å². The molecule has 0 spiro atoms. The smallest absolute Gasteiger partial charge is 0.365 e. The first-order chi connectivity index (χ1) is 10.1. The van der Waals surface area contributed by atoms with E-state index in [9.17, 15) is 4.79 Å². The Morgan fingerprint density at radius 1 is 1.29 bits per heavy atom. The number of carboxylic acid groups (broad SMARTS) is 1. The van der Waals surface area contributed by atoms with Crippen molar-refractivity contribution in [2.75, 3.05) is 31.2 Å². The van der Waals surface area contributed by atoms with Crippen LogP contribution in [0.25, 0.3) is 10.5 Å². The van der Waals surface area contributed by atoms with Gasteiger partial charge in [-0.3, -0.25) is 0 Å². The highest BCUT2D eigenvalue weighted by Crippen LogP contribution is 2.29. The lowest BCUT2D eigenvalue weighted by Crippen LogP contribution is -2.37. The molecule has 1 saturated heterocycles. The quantitative estimate of drug-likeness (QED) is 0.924. The zero-order valence-corrected chi connectivity index (χ0v) is 12.7. The van der Waals surface area contributed by atoms with Crippen LogP contribution in [0.1, 0.15) is 35.3 Å². The number of carbonyl (C=O) groups is 1. The van der Waals surface area contributed by atoms with Gasteiger partial charge in [0.2, 0.25) is 5.01 Å². The molecule has 2 aromatic heterocycles. The van der Waals surface area contributed by atoms with E-state index in [-0.39, 0.29) is 10.9 Å². The first-order valence-corrected chi connectivity index (χ1v) is 7.62. The third kappa shape index (κ3) is 2.68. The summed E-state index contributed by atoms with van der Waals surface area (Å²) in [7, 11) is 0. The second-order valence-corrected chi connectivity index (χ2v) is 6.12. The summed E-state index contributed by atoms with van der Waals surface area (Å²) >= 11 is 1.06. The molecule has 0 saturated carbocycles. The molecule has 1 N–H and O–H groups in total. The Hall–Kier alpha value is -1.80. The van der Waals surface area contributed by atoms with Gasteiger partial charge in [0.1, 0.15) is 0 Å². The Balaban J connectivity index is 2.11. The van der Waals surface area contributed by atoms with Crippen molar-refractivity contribution < 1.29 is 14.6 Å². The maximum absolute atomic E-state index is 11.0. The molecular formula is C13H16N4O3S. The van der Waals surface area contributed by atoms with Crippen LogP contribution in [0.2, 0.25) is 0 Å². The second-order valence-electron chi connectivity index (χ2n) is 5.14. The monoisotopic (exact) mass is 308 g/mol. The third-order valence-electron chi connectivity index (χ3n) is 3.30. The number of thiazole rings is 1. The number of fused-ring (bicyclic) bond motifs is 1. The van der Waals surface area contributed by atoms with Crippen LogP contribution >= 0.6 is 11.3 Å². The minimum atomic E-state index is -1.04. The van der Waals surface area contributed by atoms with E-state index in [0.717, 1.165) is 35.9 Å². The number of anilines is 1. The van der Waals surface area contributed by atoms with Gasteiger partial charge in [0.05, 0.1) is 18.9 Å². The summed E-state index contributed by atoms with van der Waals surface area (Å²) in [5.74, 6) is -0.0325. The second kappa shape index (κ2) is 5.53. The van der Waals surface area contributed by atoms with E-state index in [1.807, 2.05) is 13.8 Å². The average molecular weight is 308 g/mol. The Bertz CT molecular complexity index is 679. The van der Waals surface area contributed by atoms with Crippen molar-refractivity contribution in [2.45, 2.75) is 19.8 Å². The maximum Gasteiger partial charge on any atom is 0.365 e. The van der Waals surface area contributed by atoms with Crippen LogP contribution < -0.4 is 4.90 Å².